The smallest absolute Gasteiger partial charge is 0.408 e. The van der Waals surface area contributed by atoms with Crippen molar-refractivity contribution in [3.8, 4) is 0 Å². The molecule has 0 aromatic rings. The van der Waals surface area contributed by atoms with Crippen LogP contribution in [-0.4, -0.2) is 43.3 Å². The molecule has 6 heteroatoms. The lowest BCUT2D eigenvalue weighted by Gasteiger charge is -2.29. The van der Waals surface area contributed by atoms with Crippen molar-refractivity contribution in [2.45, 2.75) is 71.4 Å². The number of guanidine groups is 1. The molecule has 2 aliphatic rings. The predicted octanol–water partition coefficient (Wildman–Crippen LogP) is 2.64. The van der Waals surface area contributed by atoms with Crippen molar-refractivity contribution in [1.82, 2.24) is 16.0 Å². The number of ether oxygens (including phenoxy) is 1. The Morgan fingerprint density at radius 3 is 2.25 bits per heavy atom. The molecule has 3 N–H and O–H groups in total. The zero-order valence-electron chi connectivity index (χ0n) is 16.1. The first-order valence-corrected chi connectivity index (χ1v) is 9.01. The van der Waals surface area contributed by atoms with Gasteiger partial charge < -0.3 is 20.7 Å². The van der Waals surface area contributed by atoms with E-state index in [-0.39, 0.29) is 0 Å². The molecule has 0 radical (unpaired) electrons. The zero-order chi connectivity index (χ0) is 18.0. The van der Waals surface area contributed by atoms with Crippen LogP contribution in [0.5, 0.6) is 0 Å². The van der Waals surface area contributed by atoms with E-state index in [0.717, 1.165) is 18.4 Å². The molecule has 0 atom stereocenters. The Kier molecular flexibility index (Phi) is 5.35. The van der Waals surface area contributed by atoms with Gasteiger partial charge in [0.05, 0.1) is 5.54 Å². The molecule has 0 bridgehead atoms. The first kappa shape index (κ1) is 18.9. The van der Waals surface area contributed by atoms with Gasteiger partial charge in [0.2, 0.25) is 0 Å². The Bertz CT molecular complexity index is 486. The molecular formula is C18H34N4O2. The molecule has 138 valence electrons. The molecule has 0 aromatic heterocycles. The van der Waals surface area contributed by atoms with Crippen molar-refractivity contribution < 1.29 is 9.53 Å². The van der Waals surface area contributed by atoms with Crippen molar-refractivity contribution >= 4 is 12.1 Å². The minimum Gasteiger partial charge on any atom is -0.444 e. The van der Waals surface area contributed by atoms with E-state index in [4.69, 9.17) is 4.74 Å². The van der Waals surface area contributed by atoms with Gasteiger partial charge in [-0.15, -0.1) is 0 Å². The average Bonchev–Trinajstić information content (AvgIpc) is 3.29. The summed E-state index contributed by atoms with van der Waals surface area (Å²) in [5.74, 6) is 1.72. The topological polar surface area (TPSA) is 74.8 Å². The van der Waals surface area contributed by atoms with E-state index in [0.29, 0.717) is 12.0 Å². The average molecular weight is 338 g/mol. The number of nitrogens with zero attached hydrogens (tertiary/aromatic N) is 1. The van der Waals surface area contributed by atoms with Crippen LogP contribution in [0.25, 0.3) is 0 Å². The van der Waals surface area contributed by atoms with Crippen LogP contribution < -0.4 is 16.0 Å². The molecule has 0 heterocycles. The van der Waals surface area contributed by atoms with Crippen LogP contribution in [0.3, 0.4) is 0 Å². The Labute approximate surface area is 146 Å². The maximum absolute atomic E-state index is 11.9. The minimum absolute atomic E-state index is 0.400. The van der Waals surface area contributed by atoms with E-state index in [1.54, 1.807) is 7.05 Å². The predicted molar refractivity (Wildman–Crippen MR) is 97.2 cm³/mol. The summed E-state index contributed by atoms with van der Waals surface area (Å²) < 4.78 is 5.32. The van der Waals surface area contributed by atoms with Crippen LogP contribution in [-0.2, 0) is 4.74 Å². The summed E-state index contributed by atoms with van der Waals surface area (Å²) in [6, 6.07) is 0. The number of carbonyl (C=O) groups is 1. The van der Waals surface area contributed by atoms with Crippen LogP contribution in [0.2, 0.25) is 0 Å². The summed E-state index contributed by atoms with van der Waals surface area (Å²) in [5, 5.41) is 9.66. The highest BCUT2D eigenvalue weighted by atomic mass is 16.6. The third-order valence-corrected chi connectivity index (χ3v) is 4.70. The summed E-state index contributed by atoms with van der Waals surface area (Å²) >= 11 is 0. The van der Waals surface area contributed by atoms with Crippen molar-refractivity contribution in [1.29, 1.82) is 0 Å². The third kappa shape index (κ3) is 5.87. The van der Waals surface area contributed by atoms with Gasteiger partial charge in [-0.1, -0.05) is 0 Å². The molecule has 1 amide bonds. The maximum atomic E-state index is 11.9. The molecule has 0 aromatic carbocycles. The monoisotopic (exact) mass is 338 g/mol. The van der Waals surface area contributed by atoms with Gasteiger partial charge in [-0.2, -0.15) is 0 Å². The standard InChI is InChI=1S/C18H34N4O2/c1-16(2,3)24-15(23)22-17(4,5)11-20-14(19-6)21-12-18(9-10-18)13-7-8-13/h13H,7-12H2,1-6H3,(H,22,23)(H2,19,20,21). The second kappa shape index (κ2) is 6.81. The Hall–Kier alpha value is -1.46. The highest BCUT2D eigenvalue weighted by Crippen LogP contribution is 2.60. The van der Waals surface area contributed by atoms with E-state index < -0.39 is 17.2 Å². The van der Waals surface area contributed by atoms with Gasteiger partial charge in [0.25, 0.3) is 0 Å². The van der Waals surface area contributed by atoms with E-state index >= 15 is 0 Å². The molecule has 2 aliphatic carbocycles. The molecule has 2 fully saturated rings. The second-order valence-corrected chi connectivity index (χ2v) is 8.93. The number of amides is 1. The number of aliphatic imine (C=N–C) groups is 1. The van der Waals surface area contributed by atoms with Gasteiger partial charge >= 0.3 is 6.09 Å². The number of carbonyl (C=O) groups excluding carboxylic acids is 1. The van der Waals surface area contributed by atoms with Gasteiger partial charge in [-0.05, 0) is 71.6 Å². The second-order valence-electron chi connectivity index (χ2n) is 8.93. The van der Waals surface area contributed by atoms with E-state index in [9.17, 15) is 4.79 Å². The first-order valence-electron chi connectivity index (χ1n) is 9.01. The summed E-state index contributed by atoms with van der Waals surface area (Å²) in [6.45, 7) is 11.1. The summed E-state index contributed by atoms with van der Waals surface area (Å²) in [4.78, 5) is 16.2. The lowest BCUT2D eigenvalue weighted by molar-refractivity contribution is 0.0474. The summed E-state index contributed by atoms with van der Waals surface area (Å²) in [5.41, 5.74) is -0.401. The normalized spacial score (nSPS) is 20.3. The first-order chi connectivity index (χ1) is 11.1. The molecule has 6 nitrogen and oxygen atoms in total. The molecule has 2 saturated carbocycles. The fraction of sp³-hybridized carbons (Fsp3) is 0.889. The van der Waals surface area contributed by atoms with E-state index in [2.05, 4.69) is 20.9 Å². The summed E-state index contributed by atoms with van der Waals surface area (Å²) in [7, 11) is 1.78. The molecule has 24 heavy (non-hydrogen) atoms. The SMILES string of the molecule is CN=C(NCC(C)(C)NC(=O)OC(C)(C)C)NCC1(C2CC2)CC1. The highest BCUT2D eigenvalue weighted by molar-refractivity contribution is 5.80. The minimum atomic E-state index is -0.493. The van der Waals surface area contributed by atoms with Gasteiger partial charge in [0, 0.05) is 20.1 Å². The van der Waals surface area contributed by atoms with Crippen LogP contribution in [0.1, 0.15) is 60.3 Å². The molecular weight excluding hydrogens is 304 g/mol. The van der Waals surface area contributed by atoms with Crippen LogP contribution in [0.4, 0.5) is 4.79 Å². The fourth-order valence-corrected chi connectivity index (χ4v) is 2.99. The largest absolute Gasteiger partial charge is 0.444 e. The van der Waals surface area contributed by atoms with Gasteiger partial charge in [-0.3, -0.25) is 4.99 Å². The number of hydrogen-bond donors (Lipinski definition) is 3. The number of hydrogen-bond acceptors (Lipinski definition) is 3. The van der Waals surface area contributed by atoms with E-state index in [1.807, 2.05) is 34.6 Å². The van der Waals surface area contributed by atoms with Crippen molar-refractivity contribution in [3.05, 3.63) is 0 Å². The lowest BCUT2D eigenvalue weighted by atomic mass is 10.0. The molecule has 0 saturated heterocycles. The molecule has 0 unspecified atom stereocenters. The fourth-order valence-electron chi connectivity index (χ4n) is 2.99. The van der Waals surface area contributed by atoms with Crippen molar-refractivity contribution in [3.63, 3.8) is 0 Å². The maximum Gasteiger partial charge on any atom is 0.408 e. The Morgan fingerprint density at radius 1 is 1.17 bits per heavy atom. The van der Waals surface area contributed by atoms with Crippen LogP contribution in [0, 0.1) is 11.3 Å². The van der Waals surface area contributed by atoms with Gasteiger partial charge in [-0.25, -0.2) is 4.79 Å². The van der Waals surface area contributed by atoms with Crippen molar-refractivity contribution in [2.75, 3.05) is 20.1 Å². The Morgan fingerprint density at radius 2 is 1.79 bits per heavy atom. The Balaban J connectivity index is 1.73. The third-order valence-electron chi connectivity index (χ3n) is 4.70. The summed E-state index contributed by atoms with van der Waals surface area (Å²) in [6.07, 6.45) is 5.06. The number of alkyl carbamates (subject to hydrolysis) is 1. The zero-order valence-corrected chi connectivity index (χ0v) is 16.1. The van der Waals surface area contributed by atoms with Crippen LogP contribution in [0.15, 0.2) is 4.99 Å². The number of nitrogens with one attached hydrogen (secondary N) is 3. The molecule has 0 aliphatic heterocycles. The van der Waals surface area contributed by atoms with E-state index in [1.165, 1.54) is 25.7 Å². The van der Waals surface area contributed by atoms with Crippen molar-refractivity contribution in [2.24, 2.45) is 16.3 Å². The lowest BCUT2D eigenvalue weighted by Crippen LogP contribution is -2.54. The quantitative estimate of drug-likeness (QED) is 0.514. The van der Waals surface area contributed by atoms with Gasteiger partial charge in [0.15, 0.2) is 5.96 Å². The van der Waals surface area contributed by atoms with Gasteiger partial charge in [0.1, 0.15) is 5.60 Å². The molecule has 2 rings (SSSR count). The number of rotatable bonds is 6. The van der Waals surface area contributed by atoms with Crippen LogP contribution >= 0.6 is 0 Å². The molecule has 0 spiro atoms. The highest BCUT2D eigenvalue weighted by Gasteiger charge is 2.53.